The van der Waals surface area contributed by atoms with E-state index in [0.717, 1.165) is 10.6 Å². The van der Waals surface area contributed by atoms with Gasteiger partial charge in [0.05, 0.1) is 0 Å². The highest BCUT2D eigenvalue weighted by atomic mass is 32.2. The van der Waals surface area contributed by atoms with E-state index in [1.54, 1.807) is 30.2 Å². The lowest BCUT2D eigenvalue weighted by Gasteiger charge is -2.29. The van der Waals surface area contributed by atoms with Crippen molar-refractivity contribution in [3.05, 3.63) is 48.3 Å². The number of anilines is 1. The van der Waals surface area contributed by atoms with Crippen molar-refractivity contribution >= 4 is 17.4 Å². The number of ether oxygens (including phenoxy) is 1. The van der Waals surface area contributed by atoms with Crippen LogP contribution in [0.15, 0.2) is 47.6 Å². The van der Waals surface area contributed by atoms with Gasteiger partial charge >= 0.3 is 0 Å². The van der Waals surface area contributed by atoms with Gasteiger partial charge in [0.15, 0.2) is 0 Å². The van der Waals surface area contributed by atoms with Crippen molar-refractivity contribution in [2.45, 2.75) is 17.1 Å². The molecule has 0 fully saturated rings. The lowest BCUT2D eigenvalue weighted by molar-refractivity contribution is 0.0460. The van der Waals surface area contributed by atoms with Gasteiger partial charge in [0.2, 0.25) is 0 Å². The van der Waals surface area contributed by atoms with Crippen molar-refractivity contribution < 1.29 is 9.84 Å². The first kappa shape index (κ1) is 12.3. The first-order valence-electron chi connectivity index (χ1n) is 6.01. The number of hydrogen-bond donors (Lipinski definition) is 2. The molecule has 2 heterocycles. The van der Waals surface area contributed by atoms with Crippen LogP contribution in [0.4, 0.5) is 5.69 Å². The summed E-state index contributed by atoms with van der Waals surface area (Å²) in [5.74, 6) is 1.50. The van der Waals surface area contributed by atoms with Gasteiger partial charge in [0.25, 0.3) is 0 Å². The summed E-state index contributed by atoms with van der Waals surface area (Å²) in [7, 11) is 0. The average Bonchev–Trinajstić information content (AvgIpc) is 2.46. The zero-order valence-electron chi connectivity index (χ0n) is 10.2. The number of nitrogen functional groups attached to an aromatic ring is 1. The summed E-state index contributed by atoms with van der Waals surface area (Å²) < 4.78 is 5.85. The van der Waals surface area contributed by atoms with Gasteiger partial charge in [0.1, 0.15) is 18.0 Å². The van der Waals surface area contributed by atoms with Crippen LogP contribution >= 0.6 is 11.8 Å². The molecule has 19 heavy (non-hydrogen) atoms. The molecule has 2 atom stereocenters. The molecule has 4 nitrogen and oxygen atoms in total. The molecule has 1 aromatic carbocycles. The molecule has 1 aliphatic rings. The number of nitrogens with zero attached hydrogens (tertiary/aromatic N) is 1. The Kier molecular flexibility index (Phi) is 3.31. The summed E-state index contributed by atoms with van der Waals surface area (Å²) in [5, 5.41) is 10.4. The summed E-state index contributed by atoms with van der Waals surface area (Å²) in [6.45, 7) is 0. The number of rotatable bonds is 2. The topological polar surface area (TPSA) is 68.4 Å². The third-order valence-electron chi connectivity index (χ3n) is 3.09. The number of nitrogens with two attached hydrogens (primary N) is 1. The van der Waals surface area contributed by atoms with Crippen molar-refractivity contribution in [3.63, 3.8) is 0 Å². The maximum Gasteiger partial charge on any atom is 0.138 e. The largest absolute Gasteiger partial charge is 0.485 e. The van der Waals surface area contributed by atoms with Crippen molar-refractivity contribution in [2.24, 2.45) is 0 Å². The lowest BCUT2D eigenvalue weighted by atomic mass is 10.1. The maximum atomic E-state index is 10.4. The van der Waals surface area contributed by atoms with Gasteiger partial charge < -0.3 is 15.6 Å². The number of thioether (sulfide) groups is 1. The Bertz CT molecular complexity index is 591. The number of aromatic nitrogens is 1. The molecule has 0 spiro atoms. The first-order valence-corrected chi connectivity index (χ1v) is 7.00. The first-order chi connectivity index (χ1) is 9.25. The fourth-order valence-electron chi connectivity index (χ4n) is 2.06. The van der Waals surface area contributed by atoms with Crippen LogP contribution in [0.1, 0.15) is 11.7 Å². The minimum Gasteiger partial charge on any atom is -0.485 e. The van der Waals surface area contributed by atoms with E-state index in [9.17, 15) is 5.11 Å². The standard InChI is InChI=1S/C14H14N2O2S/c15-10-5-6-16-7-9(10)14(17)12-8-19-13-4-2-1-3-11(13)18-12/h1-7,12,14,17H,8H2,(H2,15,16). The normalized spacial score (nSPS) is 19.3. The Morgan fingerprint density at radius 2 is 2.21 bits per heavy atom. The van der Waals surface area contributed by atoms with Crippen LogP contribution in [0.3, 0.4) is 0 Å². The Labute approximate surface area is 115 Å². The quantitative estimate of drug-likeness (QED) is 0.879. The molecule has 0 bridgehead atoms. The molecule has 0 amide bonds. The van der Waals surface area contributed by atoms with Crippen LogP contribution in [-0.4, -0.2) is 21.9 Å². The third kappa shape index (κ3) is 2.39. The van der Waals surface area contributed by atoms with E-state index in [1.165, 1.54) is 0 Å². The zero-order chi connectivity index (χ0) is 13.2. The number of aliphatic hydroxyl groups excluding tert-OH is 1. The number of hydrogen-bond acceptors (Lipinski definition) is 5. The van der Waals surface area contributed by atoms with Gasteiger partial charge in [-0.05, 0) is 18.2 Å². The molecule has 1 aliphatic heterocycles. The highest BCUT2D eigenvalue weighted by Gasteiger charge is 2.29. The van der Waals surface area contributed by atoms with Crippen molar-refractivity contribution in [3.8, 4) is 5.75 Å². The molecule has 0 radical (unpaired) electrons. The van der Waals surface area contributed by atoms with E-state index in [-0.39, 0.29) is 6.10 Å². The highest BCUT2D eigenvalue weighted by Crippen LogP contribution is 2.38. The number of fused-ring (bicyclic) bond motifs is 1. The smallest absolute Gasteiger partial charge is 0.138 e. The second-order valence-electron chi connectivity index (χ2n) is 4.36. The Morgan fingerprint density at radius 1 is 1.37 bits per heavy atom. The molecule has 0 aliphatic carbocycles. The summed E-state index contributed by atoms with van der Waals surface area (Å²) in [5.41, 5.74) is 7.02. The fourth-order valence-corrected chi connectivity index (χ4v) is 3.08. The second kappa shape index (κ2) is 5.11. The Morgan fingerprint density at radius 3 is 3.05 bits per heavy atom. The third-order valence-corrected chi connectivity index (χ3v) is 4.23. The molecule has 1 aromatic heterocycles. The summed E-state index contributed by atoms with van der Waals surface area (Å²) in [6, 6.07) is 9.51. The molecule has 5 heteroatoms. The van der Waals surface area contributed by atoms with Crippen LogP contribution in [-0.2, 0) is 0 Å². The predicted molar refractivity (Wildman–Crippen MR) is 75.2 cm³/mol. The van der Waals surface area contributed by atoms with Gasteiger partial charge in [-0.1, -0.05) is 12.1 Å². The number of para-hydroxylation sites is 1. The fraction of sp³-hybridized carbons (Fsp3) is 0.214. The van der Waals surface area contributed by atoms with Crippen LogP contribution in [0.5, 0.6) is 5.75 Å². The van der Waals surface area contributed by atoms with Crippen molar-refractivity contribution in [1.82, 2.24) is 4.98 Å². The Balaban J connectivity index is 1.83. The van der Waals surface area contributed by atoms with Crippen LogP contribution < -0.4 is 10.5 Å². The van der Waals surface area contributed by atoms with Gasteiger partial charge in [-0.25, -0.2) is 0 Å². The average molecular weight is 274 g/mol. The van der Waals surface area contributed by atoms with Gasteiger partial charge in [0, 0.05) is 34.3 Å². The molecule has 2 unspecified atom stereocenters. The summed E-state index contributed by atoms with van der Waals surface area (Å²) >= 11 is 1.68. The minimum atomic E-state index is -0.769. The molecule has 0 saturated carbocycles. The van der Waals surface area contributed by atoms with Crippen LogP contribution in [0, 0.1) is 0 Å². The molecule has 0 saturated heterocycles. The van der Waals surface area contributed by atoms with E-state index < -0.39 is 6.10 Å². The van der Waals surface area contributed by atoms with Gasteiger partial charge in [-0.15, -0.1) is 11.8 Å². The van der Waals surface area contributed by atoms with E-state index >= 15 is 0 Å². The van der Waals surface area contributed by atoms with Crippen molar-refractivity contribution in [1.29, 1.82) is 0 Å². The van der Waals surface area contributed by atoms with Gasteiger partial charge in [-0.2, -0.15) is 0 Å². The molecular formula is C14H14N2O2S. The predicted octanol–water partition coefficient (Wildman–Crippen LogP) is 2.25. The summed E-state index contributed by atoms with van der Waals surface area (Å²) in [4.78, 5) is 5.11. The molecular weight excluding hydrogens is 260 g/mol. The van der Waals surface area contributed by atoms with Gasteiger partial charge in [-0.3, -0.25) is 4.98 Å². The maximum absolute atomic E-state index is 10.4. The van der Waals surface area contributed by atoms with Crippen molar-refractivity contribution in [2.75, 3.05) is 11.5 Å². The number of aliphatic hydroxyl groups is 1. The molecule has 3 N–H and O–H groups in total. The Hall–Kier alpha value is -1.72. The van der Waals surface area contributed by atoms with E-state index in [2.05, 4.69) is 4.98 Å². The minimum absolute atomic E-state index is 0.314. The number of pyridine rings is 1. The second-order valence-corrected chi connectivity index (χ2v) is 5.43. The molecule has 98 valence electrons. The van der Waals surface area contributed by atoms with E-state index in [0.29, 0.717) is 17.0 Å². The lowest BCUT2D eigenvalue weighted by Crippen LogP contribution is -2.30. The molecule has 2 aromatic rings. The number of benzene rings is 1. The molecule has 3 rings (SSSR count). The monoisotopic (exact) mass is 274 g/mol. The highest BCUT2D eigenvalue weighted by molar-refractivity contribution is 7.99. The zero-order valence-corrected chi connectivity index (χ0v) is 11.0. The van der Waals surface area contributed by atoms with Crippen LogP contribution in [0.2, 0.25) is 0 Å². The van der Waals surface area contributed by atoms with E-state index in [4.69, 9.17) is 10.5 Å². The van der Waals surface area contributed by atoms with Crippen LogP contribution in [0.25, 0.3) is 0 Å². The van der Waals surface area contributed by atoms with E-state index in [1.807, 2.05) is 24.3 Å². The summed E-state index contributed by atoms with van der Waals surface area (Å²) in [6.07, 6.45) is 2.12. The SMILES string of the molecule is Nc1ccncc1C(O)C1CSc2ccccc2O1.